The first-order chi connectivity index (χ1) is 15.9. The molecule has 13 heteroatoms. The Hall–Kier alpha value is -4.19. The van der Waals surface area contributed by atoms with Crippen molar-refractivity contribution >= 4 is 29.1 Å². The minimum atomic E-state index is -0.639. The number of carbonyl (C=O) groups excluding carboxylic acids is 2. The molecule has 12 nitrogen and oxygen atoms in total. The fraction of sp³-hybridized carbons (Fsp3) is 0.200. The molecule has 0 saturated heterocycles. The van der Waals surface area contributed by atoms with Crippen LogP contribution in [0.3, 0.4) is 0 Å². The summed E-state index contributed by atoms with van der Waals surface area (Å²) < 4.78 is 15.4. The van der Waals surface area contributed by atoms with Crippen molar-refractivity contribution < 1.29 is 28.5 Å². The maximum Gasteiger partial charge on any atom is 0.316 e. The van der Waals surface area contributed by atoms with Crippen LogP contribution in [-0.2, 0) is 4.79 Å². The molecule has 0 radical (unpaired) electrons. The van der Waals surface area contributed by atoms with Crippen LogP contribution in [0.15, 0.2) is 47.0 Å². The van der Waals surface area contributed by atoms with Crippen LogP contribution in [0.4, 0.5) is 5.69 Å². The summed E-state index contributed by atoms with van der Waals surface area (Å²) in [4.78, 5) is 38.5. The van der Waals surface area contributed by atoms with Crippen molar-refractivity contribution in [3.8, 4) is 22.9 Å². The molecular weight excluding hydrogens is 458 g/mol. The van der Waals surface area contributed by atoms with E-state index in [1.54, 1.807) is 24.3 Å². The van der Waals surface area contributed by atoms with Crippen LogP contribution in [0.25, 0.3) is 11.4 Å². The second-order valence-corrected chi connectivity index (χ2v) is 6.82. The number of benzene rings is 2. The van der Waals surface area contributed by atoms with Crippen molar-refractivity contribution in [2.75, 3.05) is 26.8 Å². The third-order valence-corrected chi connectivity index (χ3v) is 4.41. The zero-order valence-electron chi connectivity index (χ0n) is 17.2. The van der Waals surface area contributed by atoms with Crippen molar-refractivity contribution in [3.63, 3.8) is 0 Å². The number of para-hydroxylation sites is 2. The number of halogens is 1. The highest BCUT2D eigenvalue weighted by Crippen LogP contribution is 2.30. The van der Waals surface area contributed by atoms with Gasteiger partial charge in [-0.15, -0.1) is 0 Å². The summed E-state index contributed by atoms with van der Waals surface area (Å²) in [5.74, 6) is -0.874. The van der Waals surface area contributed by atoms with Gasteiger partial charge in [-0.2, -0.15) is 4.98 Å². The average molecular weight is 476 g/mol. The molecule has 2 N–H and O–H groups in total. The maximum absolute atomic E-state index is 12.2. The van der Waals surface area contributed by atoms with E-state index in [4.69, 9.17) is 25.6 Å². The predicted octanol–water partition coefficient (Wildman–Crippen LogP) is 2.23. The van der Waals surface area contributed by atoms with Gasteiger partial charge in [-0.3, -0.25) is 19.7 Å². The Labute approximate surface area is 192 Å². The molecule has 1 heterocycles. The van der Waals surface area contributed by atoms with E-state index in [0.717, 1.165) is 0 Å². The Balaban J connectivity index is 1.45. The molecule has 3 rings (SSSR count). The topological polar surface area (TPSA) is 159 Å². The summed E-state index contributed by atoms with van der Waals surface area (Å²) >= 11 is 5.99. The first-order valence-electron chi connectivity index (χ1n) is 9.47. The summed E-state index contributed by atoms with van der Waals surface area (Å²) in [6, 6.07) is 10.6. The van der Waals surface area contributed by atoms with E-state index in [1.165, 1.54) is 25.3 Å². The van der Waals surface area contributed by atoms with Crippen molar-refractivity contribution in [1.82, 2.24) is 20.8 Å². The zero-order valence-corrected chi connectivity index (χ0v) is 18.0. The van der Waals surface area contributed by atoms with Crippen LogP contribution in [0.1, 0.15) is 10.7 Å². The molecule has 1 aromatic heterocycles. The molecular formula is C20H18ClN5O7. The predicted molar refractivity (Wildman–Crippen MR) is 115 cm³/mol. The minimum Gasteiger partial charge on any atom is -0.496 e. The molecule has 0 saturated carbocycles. The number of methoxy groups -OCH3 is 1. The largest absolute Gasteiger partial charge is 0.496 e. The van der Waals surface area contributed by atoms with E-state index >= 15 is 0 Å². The molecule has 0 atom stereocenters. The average Bonchev–Trinajstić information content (AvgIpc) is 3.31. The molecule has 2 amide bonds. The van der Waals surface area contributed by atoms with Crippen molar-refractivity contribution in [2.24, 2.45) is 0 Å². The van der Waals surface area contributed by atoms with Crippen LogP contribution in [0.5, 0.6) is 11.5 Å². The standard InChI is InChI=1S/C20H18ClN5O7/c1-31-15-7-6-12(21)10-13(15)18-24-20(33-25-18)19(28)23-9-8-22-17(27)11-32-16-5-3-2-4-14(16)26(29)30/h2-7,10H,8-9,11H2,1H3,(H,22,27)(H,23,28). The third kappa shape index (κ3) is 6.17. The van der Waals surface area contributed by atoms with E-state index in [9.17, 15) is 19.7 Å². The summed E-state index contributed by atoms with van der Waals surface area (Å²) in [6.45, 7) is -0.282. The number of ether oxygens (including phenoxy) is 2. The van der Waals surface area contributed by atoms with Gasteiger partial charge in [0.1, 0.15) is 5.75 Å². The molecule has 3 aromatic rings. The molecule has 0 aliphatic rings. The van der Waals surface area contributed by atoms with Gasteiger partial charge >= 0.3 is 17.5 Å². The second kappa shape index (κ2) is 10.9. The van der Waals surface area contributed by atoms with E-state index in [2.05, 4.69) is 20.8 Å². The third-order valence-electron chi connectivity index (χ3n) is 4.18. The molecule has 0 aliphatic carbocycles. The van der Waals surface area contributed by atoms with Gasteiger partial charge in [-0.25, -0.2) is 0 Å². The molecule has 33 heavy (non-hydrogen) atoms. The first kappa shape index (κ1) is 23.5. The fourth-order valence-corrected chi connectivity index (χ4v) is 2.83. The molecule has 0 fully saturated rings. The summed E-state index contributed by atoms with van der Waals surface area (Å²) in [5.41, 5.74) is 0.214. The van der Waals surface area contributed by atoms with Crippen LogP contribution < -0.4 is 20.1 Å². The Bertz CT molecular complexity index is 1170. The van der Waals surface area contributed by atoms with E-state index in [-0.39, 0.29) is 36.2 Å². The van der Waals surface area contributed by atoms with Gasteiger partial charge in [0.25, 0.3) is 5.91 Å². The van der Waals surface area contributed by atoms with Gasteiger partial charge in [-0.1, -0.05) is 28.9 Å². The number of hydrogen-bond acceptors (Lipinski definition) is 9. The van der Waals surface area contributed by atoms with E-state index in [1.807, 2.05) is 0 Å². The van der Waals surface area contributed by atoms with Crippen LogP contribution in [-0.4, -0.2) is 53.7 Å². The lowest BCUT2D eigenvalue weighted by atomic mass is 10.2. The summed E-state index contributed by atoms with van der Waals surface area (Å²) in [5, 5.41) is 20.2. The molecule has 172 valence electrons. The number of carbonyl (C=O) groups is 2. The fourth-order valence-electron chi connectivity index (χ4n) is 2.66. The van der Waals surface area contributed by atoms with Crippen LogP contribution in [0, 0.1) is 10.1 Å². The van der Waals surface area contributed by atoms with Gasteiger partial charge in [0.15, 0.2) is 12.4 Å². The number of aromatic nitrogens is 2. The van der Waals surface area contributed by atoms with Gasteiger partial charge in [0.2, 0.25) is 5.82 Å². The van der Waals surface area contributed by atoms with E-state index in [0.29, 0.717) is 16.3 Å². The summed E-state index contributed by atoms with van der Waals surface area (Å²) in [7, 11) is 1.47. The van der Waals surface area contributed by atoms with Crippen molar-refractivity contribution in [2.45, 2.75) is 0 Å². The van der Waals surface area contributed by atoms with Crippen LogP contribution in [0.2, 0.25) is 5.02 Å². The molecule has 0 spiro atoms. The Morgan fingerprint density at radius 1 is 1.15 bits per heavy atom. The quantitative estimate of drug-likeness (QED) is 0.254. The highest BCUT2D eigenvalue weighted by Gasteiger charge is 2.19. The number of amides is 2. The highest BCUT2D eigenvalue weighted by molar-refractivity contribution is 6.30. The molecule has 0 unspecified atom stereocenters. The SMILES string of the molecule is COc1ccc(Cl)cc1-c1noc(C(=O)NCCNC(=O)COc2ccccc2[N+](=O)[O-])n1. The molecule has 0 bridgehead atoms. The Morgan fingerprint density at radius 2 is 1.91 bits per heavy atom. The molecule has 2 aromatic carbocycles. The molecule has 0 aliphatic heterocycles. The number of hydrogen-bond donors (Lipinski definition) is 2. The second-order valence-electron chi connectivity index (χ2n) is 6.39. The summed E-state index contributed by atoms with van der Waals surface area (Å²) in [6.07, 6.45) is 0. The number of nitro groups is 1. The van der Waals surface area contributed by atoms with Gasteiger partial charge in [0, 0.05) is 24.2 Å². The monoisotopic (exact) mass is 475 g/mol. The Kier molecular flexibility index (Phi) is 7.76. The maximum atomic E-state index is 12.2. The number of rotatable bonds is 10. The lowest BCUT2D eigenvalue weighted by Crippen LogP contribution is -2.36. The zero-order chi connectivity index (χ0) is 23.8. The first-order valence-corrected chi connectivity index (χ1v) is 9.85. The lowest BCUT2D eigenvalue weighted by molar-refractivity contribution is -0.385. The number of nitro benzene ring substituents is 1. The lowest BCUT2D eigenvalue weighted by Gasteiger charge is -2.08. The van der Waals surface area contributed by atoms with Gasteiger partial charge in [-0.05, 0) is 24.3 Å². The van der Waals surface area contributed by atoms with E-state index < -0.39 is 23.3 Å². The smallest absolute Gasteiger partial charge is 0.316 e. The number of nitrogens with zero attached hydrogens (tertiary/aromatic N) is 3. The Morgan fingerprint density at radius 3 is 2.67 bits per heavy atom. The highest BCUT2D eigenvalue weighted by atomic mass is 35.5. The van der Waals surface area contributed by atoms with Crippen molar-refractivity contribution in [3.05, 3.63) is 63.5 Å². The minimum absolute atomic E-state index is 0.0190. The van der Waals surface area contributed by atoms with Crippen LogP contribution >= 0.6 is 11.6 Å². The van der Waals surface area contributed by atoms with Gasteiger partial charge in [0.05, 0.1) is 17.6 Å². The number of nitrogens with one attached hydrogen (secondary N) is 2. The van der Waals surface area contributed by atoms with Crippen molar-refractivity contribution in [1.29, 1.82) is 0 Å². The normalized spacial score (nSPS) is 10.4. The van der Waals surface area contributed by atoms with Gasteiger partial charge < -0.3 is 24.6 Å².